The summed E-state index contributed by atoms with van der Waals surface area (Å²) in [5.41, 5.74) is 1.96. The third-order valence-electron chi connectivity index (χ3n) is 3.04. The van der Waals surface area contributed by atoms with E-state index in [0.29, 0.717) is 16.8 Å². The first-order valence-electron chi connectivity index (χ1n) is 5.89. The van der Waals surface area contributed by atoms with Crippen LogP contribution in [0.4, 0.5) is 5.69 Å². The Bertz CT molecular complexity index is 635. The average Bonchev–Trinajstić information content (AvgIpc) is 2.38. The zero-order valence-electron chi connectivity index (χ0n) is 10.8. The van der Waals surface area contributed by atoms with Crippen LogP contribution in [-0.2, 0) is 0 Å². The van der Waals surface area contributed by atoms with Gasteiger partial charge in [0.25, 0.3) is 5.91 Å². The van der Waals surface area contributed by atoms with Gasteiger partial charge in [0.05, 0.1) is 5.56 Å². The molecular weight excluding hydrogens is 242 g/mol. The van der Waals surface area contributed by atoms with Crippen LogP contribution in [0.15, 0.2) is 36.4 Å². The zero-order valence-corrected chi connectivity index (χ0v) is 10.8. The molecule has 0 aliphatic rings. The lowest BCUT2D eigenvalue weighted by atomic mass is 10.1. The molecule has 3 N–H and O–H groups in total. The molecule has 4 heteroatoms. The molecule has 19 heavy (non-hydrogen) atoms. The molecule has 2 aromatic carbocycles. The SMILES string of the molecule is Cc1cccc(C(=O)Nc2cccc(O)c2C)c1O. The second-order valence-corrected chi connectivity index (χ2v) is 4.37. The van der Waals surface area contributed by atoms with Crippen molar-refractivity contribution in [3.63, 3.8) is 0 Å². The second kappa shape index (κ2) is 5.02. The van der Waals surface area contributed by atoms with E-state index in [4.69, 9.17) is 0 Å². The van der Waals surface area contributed by atoms with Gasteiger partial charge in [-0.15, -0.1) is 0 Å². The van der Waals surface area contributed by atoms with Crippen LogP contribution in [0.1, 0.15) is 21.5 Å². The number of para-hydroxylation sites is 1. The van der Waals surface area contributed by atoms with E-state index in [1.54, 1.807) is 50.2 Å². The molecule has 0 atom stereocenters. The van der Waals surface area contributed by atoms with E-state index in [2.05, 4.69) is 5.32 Å². The van der Waals surface area contributed by atoms with Crippen molar-refractivity contribution in [2.45, 2.75) is 13.8 Å². The fourth-order valence-electron chi connectivity index (χ4n) is 1.79. The van der Waals surface area contributed by atoms with Gasteiger partial charge in [-0.2, -0.15) is 0 Å². The van der Waals surface area contributed by atoms with Gasteiger partial charge in [0.15, 0.2) is 0 Å². The van der Waals surface area contributed by atoms with Gasteiger partial charge in [0.1, 0.15) is 11.5 Å². The Hall–Kier alpha value is -2.49. The fourth-order valence-corrected chi connectivity index (χ4v) is 1.79. The summed E-state index contributed by atoms with van der Waals surface area (Å²) in [7, 11) is 0. The molecule has 0 aliphatic carbocycles. The molecule has 0 fully saturated rings. The summed E-state index contributed by atoms with van der Waals surface area (Å²) in [6.45, 7) is 3.44. The molecule has 2 aromatic rings. The second-order valence-electron chi connectivity index (χ2n) is 4.37. The van der Waals surface area contributed by atoms with Gasteiger partial charge in [0.2, 0.25) is 0 Å². The summed E-state index contributed by atoms with van der Waals surface area (Å²) >= 11 is 0. The number of nitrogens with one attached hydrogen (secondary N) is 1. The third-order valence-corrected chi connectivity index (χ3v) is 3.04. The average molecular weight is 257 g/mol. The van der Waals surface area contributed by atoms with Crippen LogP contribution in [0.3, 0.4) is 0 Å². The summed E-state index contributed by atoms with van der Waals surface area (Å²) in [5.74, 6) is -0.320. The number of carbonyl (C=O) groups is 1. The van der Waals surface area contributed by atoms with Crippen LogP contribution < -0.4 is 5.32 Å². The number of carbonyl (C=O) groups excluding carboxylic acids is 1. The molecule has 0 aliphatic heterocycles. The van der Waals surface area contributed by atoms with Crippen molar-refractivity contribution in [1.82, 2.24) is 0 Å². The van der Waals surface area contributed by atoms with Crippen LogP contribution >= 0.6 is 0 Å². The largest absolute Gasteiger partial charge is 0.508 e. The molecular formula is C15H15NO3. The van der Waals surface area contributed by atoms with Crippen molar-refractivity contribution in [2.24, 2.45) is 0 Å². The van der Waals surface area contributed by atoms with Crippen LogP contribution in [-0.4, -0.2) is 16.1 Å². The summed E-state index contributed by atoms with van der Waals surface area (Å²) in [6, 6.07) is 9.88. The number of phenols is 2. The minimum Gasteiger partial charge on any atom is -0.508 e. The molecule has 4 nitrogen and oxygen atoms in total. The van der Waals surface area contributed by atoms with Crippen molar-refractivity contribution in [3.8, 4) is 11.5 Å². The lowest BCUT2D eigenvalue weighted by molar-refractivity contribution is 0.102. The highest BCUT2D eigenvalue weighted by molar-refractivity contribution is 6.06. The number of hydrogen-bond acceptors (Lipinski definition) is 3. The summed E-state index contributed by atoms with van der Waals surface area (Å²) in [4.78, 5) is 12.1. The first-order chi connectivity index (χ1) is 9.00. The topological polar surface area (TPSA) is 69.6 Å². The van der Waals surface area contributed by atoms with E-state index < -0.39 is 5.91 Å². The molecule has 0 spiro atoms. The van der Waals surface area contributed by atoms with E-state index in [9.17, 15) is 15.0 Å². The highest BCUT2D eigenvalue weighted by atomic mass is 16.3. The van der Waals surface area contributed by atoms with Gasteiger partial charge >= 0.3 is 0 Å². The van der Waals surface area contributed by atoms with Crippen molar-refractivity contribution in [3.05, 3.63) is 53.1 Å². The van der Waals surface area contributed by atoms with Crippen LogP contribution in [0, 0.1) is 13.8 Å². The Balaban J connectivity index is 2.31. The van der Waals surface area contributed by atoms with E-state index >= 15 is 0 Å². The summed E-state index contributed by atoms with van der Waals surface area (Å²) in [6.07, 6.45) is 0. The van der Waals surface area contributed by atoms with Gasteiger partial charge < -0.3 is 15.5 Å². The number of phenolic OH excluding ortho intramolecular Hbond substituents is 2. The number of benzene rings is 2. The molecule has 2 rings (SSSR count). The molecule has 0 bridgehead atoms. The lowest BCUT2D eigenvalue weighted by Crippen LogP contribution is -2.13. The van der Waals surface area contributed by atoms with E-state index in [1.807, 2.05) is 0 Å². The van der Waals surface area contributed by atoms with Gasteiger partial charge in [-0.25, -0.2) is 0 Å². The maximum absolute atomic E-state index is 12.1. The molecule has 0 saturated heterocycles. The van der Waals surface area contributed by atoms with E-state index in [0.717, 1.165) is 0 Å². The molecule has 1 amide bonds. The van der Waals surface area contributed by atoms with E-state index in [-0.39, 0.29) is 17.1 Å². The van der Waals surface area contributed by atoms with Crippen LogP contribution in [0.5, 0.6) is 11.5 Å². The Kier molecular flexibility index (Phi) is 3.42. The maximum atomic E-state index is 12.1. The first-order valence-corrected chi connectivity index (χ1v) is 5.89. The number of aryl methyl sites for hydroxylation is 1. The molecule has 0 unspecified atom stereocenters. The molecule has 0 radical (unpaired) electrons. The van der Waals surface area contributed by atoms with Crippen LogP contribution in [0.2, 0.25) is 0 Å². The number of hydrogen-bond donors (Lipinski definition) is 3. The normalized spacial score (nSPS) is 10.2. The number of rotatable bonds is 2. The molecule has 0 saturated carbocycles. The predicted octanol–water partition coefficient (Wildman–Crippen LogP) is 2.97. The monoisotopic (exact) mass is 257 g/mol. The molecule has 98 valence electrons. The number of amides is 1. The highest BCUT2D eigenvalue weighted by Gasteiger charge is 2.14. The van der Waals surface area contributed by atoms with Crippen molar-refractivity contribution in [2.75, 3.05) is 5.32 Å². The van der Waals surface area contributed by atoms with Gasteiger partial charge in [0, 0.05) is 11.3 Å². The summed E-state index contributed by atoms with van der Waals surface area (Å²) in [5, 5.41) is 22.1. The maximum Gasteiger partial charge on any atom is 0.259 e. The number of anilines is 1. The lowest BCUT2D eigenvalue weighted by Gasteiger charge is -2.11. The van der Waals surface area contributed by atoms with Gasteiger partial charge in [-0.3, -0.25) is 4.79 Å². The van der Waals surface area contributed by atoms with Crippen molar-refractivity contribution >= 4 is 11.6 Å². The molecule has 0 heterocycles. The zero-order chi connectivity index (χ0) is 14.0. The Morgan fingerprint density at radius 3 is 2.47 bits per heavy atom. The molecule has 0 aromatic heterocycles. The number of aromatic hydroxyl groups is 2. The van der Waals surface area contributed by atoms with Gasteiger partial charge in [-0.1, -0.05) is 18.2 Å². The van der Waals surface area contributed by atoms with Crippen LogP contribution in [0.25, 0.3) is 0 Å². The first kappa shape index (κ1) is 13.0. The van der Waals surface area contributed by atoms with Crippen molar-refractivity contribution in [1.29, 1.82) is 0 Å². The smallest absolute Gasteiger partial charge is 0.259 e. The minimum atomic E-state index is -0.408. The third kappa shape index (κ3) is 2.52. The van der Waals surface area contributed by atoms with E-state index in [1.165, 1.54) is 0 Å². The predicted molar refractivity (Wildman–Crippen MR) is 73.6 cm³/mol. The quantitative estimate of drug-likeness (QED) is 0.774. The van der Waals surface area contributed by atoms with Crippen molar-refractivity contribution < 1.29 is 15.0 Å². The van der Waals surface area contributed by atoms with Gasteiger partial charge in [-0.05, 0) is 37.6 Å². The Morgan fingerprint density at radius 2 is 1.74 bits per heavy atom. The highest BCUT2D eigenvalue weighted by Crippen LogP contribution is 2.26. The Labute approximate surface area is 111 Å². The fraction of sp³-hybridized carbons (Fsp3) is 0.133. The standard InChI is InChI=1S/C15H15NO3/c1-9-5-3-6-11(14(9)18)15(19)16-12-7-4-8-13(17)10(12)2/h3-8,17-18H,1-2H3,(H,16,19). The summed E-state index contributed by atoms with van der Waals surface area (Å²) < 4.78 is 0. The Morgan fingerprint density at radius 1 is 1.05 bits per heavy atom. The minimum absolute atomic E-state index is 0.0298.